The van der Waals surface area contributed by atoms with Crippen LogP contribution in [0.3, 0.4) is 0 Å². The van der Waals surface area contributed by atoms with E-state index in [0.29, 0.717) is 31.6 Å². The first kappa shape index (κ1) is 19.6. The molecule has 0 saturated carbocycles. The van der Waals surface area contributed by atoms with Crippen molar-refractivity contribution >= 4 is 17.5 Å². The summed E-state index contributed by atoms with van der Waals surface area (Å²) in [6, 6.07) is 1.29. The van der Waals surface area contributed by atoms with E-state index in [2.05, 4.69) is 5.32 Å². The van der Waals surface area contributed by atoms with Gasteiger partial charge in [-0.25, -0.2) is 0 Å². The molecule has 3 N–H and O–H groups in total. The number of nitrogens with two attached hydrogens (primary N) is 1. The molecule has 1 aliphatic heterocycles. The normalized spacial score (nSPS) is 17.9. The third-order valence-electron chi connectivity index (χ3n) is 4.09. The summed E-state index contributed by atoms with van der Waals surface area (Å²) in [6.45, 7) is 0.978. The highest BCUT2D eigenvalue weighted by Gasteiger charge is 2.33. The van der Waals surface area contributed by atoms with Crippen molar-refractivity contribution in [2.75, 3.05) is 19.6 Å². The highest BCUT2D eigenvalue weighted by atomic mass is 19.4. The average molecular weight is 374 g/mol. The van der Waals surface area contributed by atoms with Gasteiger partial charge in [-0.1, -0.05) is 0 Å². The molecular weight excluding hydrogens is 357 g/mol. The van der Waals surface area contributed by atoms with Crippen molar-refractivity contribution in [2.45, 2.75) is 25.1 Å². The fraction of sp³-hybridized carbons (Fsp3) is 0.467. The summed E-state index contributed by atoms with van der Waals surface area (Å²) in [6.07, 6.45) is -3.42. The van der Waals surface area contributed by atoms with Crippen LogP contribution in [-0.4, -0.2) is 47.3 Å². The zero-order valence-corrected chi connectivity index (χ0v) is 13.6. The Morgan fingerprint density at radius 2 is 2.04 bits per heavy atom. The largest absolute Gasteiger partial charge is 0.416 e. The van der Waals surface area contributed by atoms with Crippen LogP contribution in [0.25, 0.3) is 0 Å². The van der Waals surface area contributed by atoms with Crippen LogP contribution in [0, 0.1) is 10.1 Å². The van der Waals surface area contributed by atoms with Gasteiger partial charge < -0.3 is 11.1 Å². The molecule has 1 heterocycles. The van der Waals surface area contributed by atoms with Gasteiger partial charge in [-0.05, 0) is 25.5 Å². The van der Waals surface area contributed by atoms with E-state index in [1.165, 1.54) is 0 Å². The topological polar surface area (TPSA) is 119 Å². The highest BCUT2D eigenvalue weighted by molar-refractivity contribution is 5.95. The fourth-order valence-corrected chi connectivity index (χ4v) is 2.84. The number of hydrogen-bond acceptors (Lipinski definition) is 5. The van der Waals surface area contributed by atoms with E-state index in [9.17, 15) is 32.9 Å². The number of nitrogens with zero attached hydrogens (tertiary/aromatic N) is 2. The molecule has 0 radical (unpaired) electrons. The van der Waals surface area contributed by atoms with Gasteiger partial charge in [0.05, 0.1) is 16.5 Å². The molecule has 1 fully saturated rings. The van der Waals surface area contributed by atoms with E-state index in [-0.39, 0.29) is 6.54 Å². The van der Waals surface area contributed by atoms with E-state index in [0.717, 1.165) is 12.5 Å². The first-order valence-electron chi connectivity index (χ1n) is 7.78. The van der Waals surface area contributed by atoms with Crippen molar-refractivity contribution in [1.82, 2.24) is 10.2 Å². The van der Waals surface area contributed by atoms with Gasteiger partial charge in [0.1, 0.15) is 0 Å². The number of nitro benzene ring substituents is 1. The Bertz CT molecular complexity index is 723. The van der Waals surface area contributed by atoms with Crippen LogP contribution < -0.4 is 11.1 Å². The number of nitro groups is 1. The van der Waals surface area contributed by atoms with Gasteiger partial charge in [0.15, 0.2) is 0 Å². The molecule has 26 heavy (non-hydrogen) atoms. The lowest BCUT2D eigenvalue weighted by molar-refractivity contribution is -0.385. The molecule has 1 aromatic rings. The minimum atomic E-state index is -4.81. The van der Waals surface area contributed by atoms with Crippen LogP contribution in [0.2, 0.25) is 0 Å². The quantitative estimate of drug-likeness (QED) is 0.575. The average Bonchev–Trinajstić information content (AvgIpc) is 3.02. The molecule has 142 valence electrons. The van der Waals surface area contributed by atoms with Crippen molar-refractivity contribution < 1.29 is 27.7 Å². The highest BCUT2D eigenvalue weighted by Crippen LogP contribution is 2.32. The Balaban J connectivity index is 2.06. The SMILES string of the molecule is NC(=O)[C@H]1CCCN1CCNC(=O)c1cc([N+](=O)[O-])cc(C(F)(F)F)c1. The summed E-state index contributed by atoms with van der Waals surface area (Å²) in [5.74, 6) is -1.34. The van der Waals surface area contributed by atoms with Gasteiger partial charge >= 0.3 is 6.18 Å². The summed E-state index contributed by atoms with van der Waals surface area (Å²) >= 11 is 0. The summed E-state index contributed by atoms with van der Waals surface area (Å²) in [7, 11) is 0. The van der Waals surface area contributed by atoms with E-state index < -0.39 is 45.8 Å². The predicted octanol–water partition coefficient (Wildman–Crippen LogP) is 1.29. The molecule has 0 aromatic heterocycles. The molecule has 2 rings (SSSR count). The van der Waals surface area contributed by atoms with Crippen molar-refractivity contribution in [3.63, 3.8) is 0 Å². The van der Waals surface area contributed by atoms with Gasteiger partial charge in [-0.3, -0.25) is 24.6 Å². The molecule has 0 spiro atoms. The Hall–Kier alpha value is -2.69. The minimum Gasteiger partial charge on any atom is -0.368 e. The van der Waals surface area contributed by atoms with Crippen molar-refractivity contribution in [3.8, 4) is 0 Å². The molecule has 1 saturated heterocycles. The van der Waals surface area contributed by atoms with Crippen molar-refractivity contribution in [3.05, 3.63) is 39.4 Å². The number of amides is 2. The number of alkyl halides is 3. The molecule has 8 nitrogen and oxygen atoms in total. The first-order chi connectivity index (χ1) is 12.1. The molecule has 0 bridgehead atoms. The van der Waals surface area contributed by atoms with Crippen LogP contribution >= 0.6 is 0 Å². The van der Waals surface area contributed by atoms with Gasteiger partial charge in [0.2, 0.25) is 5.91 Å². The summed E-state index contributed by atoms with van der Waals surface area (Å²) in [5.41, 5.74) is 2.72. The van der Waals surface area contributed by atoms with E-state index in [1.807, 2.05) is 0 Å². The Kier molecular flexibility index (Phi) is 5.80. The maximum Gasteiger partial charge on any atom is 0.416 e. The third-order valence-corrected chi connectivity index (χ3v) is 4.09. The van der Waals surface area contributed by atoms with E-state index >= 15 is 0 Å². The fourth-order valence-electron chi connectivity index (χ4n) is 2.84. The third kappa shape index (κ3) is 4.69. The summed E-state index contributed by atoms with van der Waals surface area (Å²) in [4.78, 5) is 34.9. The number of carbonyl (C=O) groups excluding carboxylic acids is 2. The standard InChI is InChI=1S/C15H17F3N4O4/c16-15(17,18)10-6-9(7-11(8-10)22(25)26)14(24)20-3-5-21-4-1-2-12(21)13(19)23/h6-8,12H,1-5H2,(H2,19,23)(H,20,24)/t12-/m1/s1. The zero-order valence-electron chi connectivity index (χ0n) is 13.6. The number of nitrogens with one attached hydrogen (secondary N) is 1. The molecular formula is C15H17F3N4O4. The predicted molar refractivity (Wildman–Crippen MR) is 84.2 cm³/mol. The summed E-state index contributed by atoms with van der Waals surface area (Å²) in [5, 5.41) is 13.2. The molecule has 0 aliphatic carbocycles. The number of hydrogen-bond donors (Lipinski definition) is 2. The number of benzene rings is 1. The van der Waals surface area contributed by atoms with Crippen molar-refractivity contribution in [1.29, 1.82) is 0 Å². The van der Waals surface area contributed by atoms with E-state index in [4.69, 9.17) is 5.73 Å². The monoisotopic (exact) mass is 374 g/mol. The second kappa shape index (κ2) is 7.68. The van der Waals surface area contributed by atoms with Crippen molar-refractivity contribution in [2.24, 2.45) is 5.73 Å². The van der Waals surface area contributed by atoms with Crippen LogP contribution in [0.4, 0.5) is 18.9 Å². The molecule has 0 unspecified atom stereocenters. The number of halogens is 3. The summed E-state index contributed by atoms with van der Waals surface area (Å²) < 4.78 is 38.5. The minimum absolute atomic E-state index is 0.0622. The number of non-ortho nitro benzene ring substituents is 1. The molecule has 1 aliphatic rings. The van der Waals surface area contributed by atoms with Crippen LogP contribution in [0.5, 0.6) is 0 Å². The Morgan fingerprint density at radius 3 is 2.62 bits per heavy atom. The molecule has 2 amide bonds. The number of likely N-dealkylation sites (tertiary alicyclic amines) is 1. The zero-order chi connectivity index (χ0) is 19.5. The lowest BCUT2D eigenvalue weighted by Crippen LogP contribution is -2.43. The number of rotatable bonds is 6. The molecule has 1 aromatic carbocycles. The lowest BCUT2D eigenvalue weighted by atomic mass is 10.1. The molecule has 1 atom stereocenters. The second-order valence-corrected chi connectivity index (χ2v) is 5.88. The Morgan fingerprint density at radius 1 is 1.35 bits per heavy atom. The van der Waals surface area contributed by atoms with Gasteiger partial charge in [0, 0.05) is 30.8 Å². The van der Waals surface area contributed by atoms with Gasteiger partial charge in [-0.2, -0.15) is 13.2 Å². The van der Waals surface area contributed by atoms with Gasteiger partial charge in [-0.15, -0.1) is 0 Å². The maximum absolute atomic E-state index is 12.8. The van der Waals surface area contributed by atoms with Crippen LogP contribution in [-0.2, 0) is 11.0 Å². The first-order valence-corrected chi connectivity index (χ1v) is 7.78. The number of primary amides is 1. The van der Waals surface area contributed by atoms with Gasteiger partial charge in [0.25, 0.3) is 11.6 Å². The Labute approximate surface area is 146 Å². The van der Waals surface area contributed by atoms with Crippen LogP contribution in [0.15, 0.2) is 18.2 Å². The smallest absolute Gasteiger partial charge is 0.368 e. The van der Waals surface area contributed by atoms with Crippen LogP contribution in [0.1, 0.15) is 28.8 Å². The second-order valence-electron chi connectivity index (χ2n) is 5.88. The molecule has 11 heteroatoms. The maximum atomic E-state index is 12.8. The number of carbonyl (C=O) groups is 2. The van der Waals surface area contributed by atoms with E-state index in [1.54, 1.807) is 4.90 Å². The lowest BCUT2D eigenvalue weighted by Gasteiger charge is -2.21.